The van der Waals surface area contributed by atoms with E-state index in [1.807, 2.05) is 18.2 Å². The molecule has 0 bridgehead atoms. The van der Waals surface area contributed by atoms with Gasteiger partial charge in [0.05, 0.1) is 0 Å². The fourth-order valence-corrected chi connectivity index (χ4v) is 3.70. The molecule has 2 aromatic rings. The van der Waals surface area contributed by atoms with Crippen LogP contribution in [0.3, 0.4) is 0 Å². The van der Waals surface area contributed by atoms with E-state index in [4.69, 9.17) is 0 Å². The Morgan fingerprint density at radius 3 is 2.81 bits per heavy atom. The Bertz CT molecular complexity index is 847. The summed E-state index contributed by atoms with van der Waals surface area (Å²) in [6.45, 7) is 2.77. The Hall–Kier alpha value is -2.66. The first-order valence-corrected chi connectivity index (χ1v) is 9.17. The van der Waals surface area contributed by atoms with Gasteiger partial charge in [0, 0.05) is 44.7 Å². The molecule has 0 fully saturated rings. The van der Waals surface area contributed by atoms with E-state index >= 15 is 0 Å². The second kappa shape index (κ2) is 7.30. The van der Waals surface area contributed by atoms with E-state index in [0.717, 1.165) is 30.8 Å². The zero-order chi connectivity index (χ0) is 17.9. The minimum absolute atomic E-state index is 0.0283. The molecule has 0 saturated heterocycles. The first-order valence-electron chi connectivity index (χ1n) is 9.17. The number of para-hydroxylation sites is 1. The molecule has 0 saturated carbocycles. The average molecular weight is 349 g/mol. The van der Waals surface area contributed by atoms with E-state index < -0.39 is 0 Å². The molecule has 0 unspecified atom stereocenters. The van der Waals surface area contributed by atoms with Crippen LogP contribution in [0.2, 0.25) is 0 Å². The van der Waals surface area contributed by atoms with Gasteiger partial charge in [-0.15, -0.1) is 0 Å². The molecule has 26 heavy (non-hydrogen) atoms. The van der Waals surface area contributed by atoms with Gasteiger partial charge >= 0.3 is 0 Å². The second-order valence-corrected chi connectivity index (χ2v) is 6.91. The molecule has 0 aromatic heterocycles. The van der Waals surface area contributed by atoms with Gasteiger partial charge in [0.2, 0.25) is 11.8 Å². The normalized spacial score (nSPS) is 15.5. The monoisotopic (exact) mass is 349 g/mol. The quantitative estimate of drug-likeness (QED) is 0.871. The van der Waals surface area contributed by atoms with Crippen LogP contribution >= 0.6 is 0 Å². The van der Waals surface area contributed by atoms with Crippen molar-refractivity contribution in [2.75, 3.05) is 11.4 Å². The van der Waals surface area contributed by atoms with Crippen LogP contribution in [0.15, 0.2) is 42.5 Å². The third-order valence-corrected chi connectivity index (χ3v) is 5.15. The van der Waals surface area contributed by atoms with Gasteiger partial charge in [0.25, 0.3) is 0 Å². The minimum Gasteiger partial charge on any atom is -0.352 e. The summed E-state index contributed by atoms with van der Waals surface area (Å²) >= 11 is 0. The summed E-state index contributed by atoms with van der Waals surface area (Å²) in [7, 11) is 0. The predicted molar refractivity (Wildman–Crippen MR) is 101 cm³/mol. The van der Waals surface area contributed by atoms with Crippen LogP contribution < -0.4 is 15.5 Å². The number of carbonyl (C=O) groups excluding carboxylic acids is 2. The van der Waals surface area contributed by atoms with Gasteiger partial charge in [-0.1, -0.05) is 36.4 Å². The summed E-state index contributed by atoms with van der Waals surface area (Å²) in [6.07, 6.45) is 1.61. The third-order valence-electron chi connectivity index (χ3n) is 5.15. The largest absolute Gasteiger partial charge is 0.352 e. The van der Waals surface area contributed by atoms with Crippen molar-refractivity contribution in [3.05, 3.63) is 64.7 Å². The maximum absolute atomic E-state index is 12.3. The lowest BCUT2D eigenvalue weighted by Gasteiger charge is -2.29. The number of hydrogen-bond donors (Lipinski definition) is 2. The average Bonchev–Trinajstić information content (AvgIpc) is 3.13. The van der Waals surface area contributed by atoms with Crippen LogP contribution in [0.1, 0.15) is 35.1 Å². The zero-order valence-corrected chi connectivity index (χ0v) is 14.8. The van der Waals surface area contributed by atoms with Gasteiger partial charge in [-0.3, -0.25) is 9.59 Å². The lowest BCUT2D eigenvalue weighted by atomic mass is 10.0. The van der Waals surface area contributed by atoms with Crippen LogP contribution in [-0.4, -0.2) is 18.4 Å². The molecule has 0 aliphatic carbocycles. The fraction of sp³-hybridized carbons (Fsp3) is 0.333. The maximum Gasteiger partial charge on any atom is 0.227 e. The Morgan fingerprint density at radius 1 is 1.04 bits per heavy atom. The van der Waals surface area contributed by atoms with E-state index in [0.29, 0.717) is 25.9 Å². The van der Waals surface area contributed by atoms with E-state index in [-0.39, 0.29) is 11.8 Å². The summed E-state index contributed by atoms with van der Waals surface area (Å²) in [5, 5.41) is 6.30. The molecule has 2 aliphatic heterocycles. The highest BCUT2D eigenvalue weighted by molar-refractivity contribution is 5.96. The van der Waals surface area contributed by atoms with Crippen LogP contribution in [0.5, 0.6) is 0 Å². The molecule has 2 heterocycles. The standard InChI is InChI=1S/C21H23N3O2/c25-20(23-12-15-5-6-17-13-22-14-18(17)11-15)9-10-24-19-4-2-1-3-16(19)7-8-21(24)26/h1-6,11,22H,7-10,12-14H2,(H,23,25). The van der Waals surface area contributed by atoms with Gasteiger partial charge in [0.1, 0.15) is 0 Å². The molecule has 134 valence electrons. The van der Waals surface area contributed by atoms with Crippen molar-refractivity contribution in [2.45, 2.75) is 38.9 Å². The minimum atomic E-state index is -0.0283. The number of rotatable bonds is 5. The summed E-state index contributed by atoms with van der Waals surface area (Å²) in [5.41, 5.74) is 5.89. The summed E-state index contributed by atoms with van der Waals surface area (Å²) in [5.74, 6) is 0.0714. The fourth-order valence-electron chi connectivity index (χ4n) is 3.70. The molecule has 0 atom stereocenters. The van der Waals surface area contributed by atoms with Crippen molar-refractivity contribution in [1.82, 2.24) is 10.6 Å². The van der Waals surface area contributed by atoms with E-state index in [1.165, 1.54) is 16.7 Å². The number of nitrogens with one attached hydrogen (secondary N) is 2. The predicted octanol–water partition coefficient (Wildman–Crippen LogP) is 2.28. The highest BCUT2D eigenvalue weighted by Gasteiger charge is 2.23. The summed E-state index contributed by atoms with van der Waals surface area (Å²) in [6, 6.07) is 14.3. The molecule has 2 aliphatic rings. The molecule has 2 N–H and O–H groups in total. The number of amides is 2. The highest BCUT2D eigenvalue weighted by atomic mass is 16.2. The van der Waals surface area contributed by atoms with Gasteiger partial charge in [-0.05, 0) is 34.7 Å². The topological polar surface area (TPSA) is 61.4 Å². The van der Waals surface area contributed by atoms with Gasteiger partial charge < -0.3 is 15.5 Å². The SMILES string of the molecule is O=C(CCN1C(=O)CCc2ccccc21)NCc1ccc2c(c1)CNC2. The molecule has 5 heteroatoms. The van der Waals surface area contributed by atoms with Crippen molar-refractivity contribution < 1.29 is 9.59 Å². The van der Waals surface area contributed by atoms with Gasteiger partial charge in [0.15, 0.2) is 0 Å². The second-order valence-electron chi connectivity index (χ2n) is 6.91. The van der Waals surface area contributed by atoms with E-state index in [9.17, 15) is 9.59 Å². The number of nitrogens with zero attached hydrogens (tertiary/aromatic N) is 1. The first kappa shape index (κ1) is 16.8. The lowest BCUT2D eigenvalue weighted by Crippen LogP contribution is -2.38. The Kier molecular flexibility index (Phi) is 4.71. The number of anilines is 1. The van der Waals surface area contributed by atoms with E-state index in [2.05, 4.69) is 34.9 Å². The van der Waals surface area contributed by atoms with Crippen molar-refractivity contribution in [2.24, 2.45) is 0 Å². The Labute approximate surface area is 153 Å². The lowest BCUT2D eigenvalue weighted by molar-refractivity contribution is -0.121. The molecular formula is C21H23N3O2. The van der Waals surface area contributed by atoms with Crippen LogP contribution in [-0.2, 0) is 35.6 Å². The van der Waals surface area contributed by atoms with Crippen molar-refractivity contribution >= 4 is 17.5 Å². The van der Waals surface area contributed by atoms with Gasteiger partial charge in [-0.2, -0.15) is 0 Å². The highest BCUT2D eigenvalue weighted by Crippen LogP contribution is 2.27. The van der Waals surface area contributed by atoms with Crippen molar-refractivity contribution in [1.29, 1.82) is 0 Å². The molecule has 2 aromatic carbocycles. The van der Waals surface area contributed by atoms with Crippen LogP contribution in [0, 0.1) is 0 Å². The number of fused-ring (bicyclic) bond motifs is 2. The van der Waals surface area contributed by atoms with E-state index in [1.54, 1.807) is 4.90 Å². The Balaban J connectivity index is 1.32. The number of aryl methyl sites for hydroxylation is 1. The summed E-state index contributed by atoms with van der Waals surface area (Å²) in [4.78, 5) is 26.2. The maximum atomic E-state index is 12.3. The molecule has 4 rings (SSSR count). The van der Waals surface area contributed by atoms with Gasteiger partial charge in [-0.25, -0.2) is 0 Å². The first-order chi connectivity index (χ1) is 12.7. The molecule has 0 radical (unpaired) electrons. The van der Waals surface area contributed by atoms with Crippen LogP contribution in [0.4, 0.5) is 5.69 Å². The van der Waals surface area contributed by atoms with Crippen molar-refractivity contribution in [3.63, 3.8) is 0 Å². The number of carbonyl (C=O) groups is 2. The molecule has 2 amide bonds. The smallest absolute Gasteiger partial charge is 0.227 e. The number of hydrogen-bond acceptors (Lipinski definition) is 3. The molecule has 0 spiro atoms. The van der Waals surface area contributed by atoms with Crippen LogP contribution in [0.25, 0.3) is 0 Å². The molecular weight excluding hydrogens is 326 g/mol. The Morgan fingerprint density at radius 2 is 1.88 bits per heavy atom. The summed E-state index contributed by atoms with van der Waals surface area (Å²) < 4.78 is 0. The zero-order valence-electron chi connectivity index (χ0n) is 14.8. The van der Waals surface area contributed by atoms with Crippen molar-refractivity contribution in [3.8, 4) is 0 Å². The molecule has 5 nitrogen and oxygen atoms in total. The third kappa shape index (κ3) is 3.48. The number of benzene rings is 2.